The number of carbonyl (C=O) groups is 1. The molecule has 0 radical (unpaired) electrons. The smallest absolute Gasteiger partial charge is 0.298 e. The lowest BCUT2D eigenvalue weighted by Gasteiger charge is -2.44. The van der Waals surface area contributed by atoms with Gasteiger partial charge in [0.25, 0.3) is 11.9 Å². The second-order valence-corrected chi connectivity index (χ2v) is 10.4. The number of rotatable bonds is 4. The van der Waals surface area contributed by atoms with Gasteiger partial charge in [-0.15, -0.1) is 0 Å². The molecule has 0 spiro atoms. The summed E-state index contributed by atoms with van der Waals surface area (Å²) < 4.78 is 6.10. The number of nitrogens with one attached hydrogen (secondary N) is 2. The quantitative estimate of drug-likeness (QED) is 0.770. The number of hydrogen-bond acceptors (Lipinski definition) is 5. The van der Waals surface area contributed by atoms with E-state index in [9.17, 15) is 4.79 Å². The number of nitrogens with zero attached hydrogens (tertiary/aromatic N) is 2. The first-order valence-corrected chi connectivity index (χ1v) is 12.2. The fourth-order valence-corrected chi connectivity index (χ4v) is 6.08. The highest BCUT2D eigenvalue weighted by Crippen LogP contribution is 2.44. The van der Waals surface area contributed by atoms with E-state index in [1.807, 2.05) is 18.2 Å². The van der Waals surface area contributed by atoms with Gasteiger partial charge in [0.2, 0.25) is 0 Å². The van der Waals surface area contributed by atoms with Crippen LogP contribution in [0.5, 0.6) is 0 Å². The van der Waals surface area contributed by atoms with Crippen molar-refractivity contribution in [3.05, 3.63) is 23.8 Å². The summed E-state index contributed by atoms with van der Waals surface area (Å²) in [4.78, 5) is 20.2. The van der Waals surface area contributed by atoms with Crippen LogP contribution in [0.3, 0.4) is 0 Å². The lowest BCUT2D eigenvalue weighted by Crippen LogP contribution is -2.53. The Morgan fingerprint density at radius 3 is 2.77 bits per heavy atom. The van der Waals surface area contributed by atoms with Crippen LogP contribution in [-0.4, -0.2) is 42.6 Å². The molecule has 2 N–H and O–H groups in total. The highest BCUT2D eigenvalue weighted by Gasteiger charge is 2.38. The molecule has 6 heteroatoms. The van der Waals surface area contributed by atoms with E-state index in [1.165, 1.54) is 19.3 Å². The predicted molar refractivity (Wildman–Crippen MR) is 123 cm³/mol. The van der Waals surface area contributed by atoms with E-state index < -0.39 is 0 Å². The van der Waals surface area contributed by atoms with Gasteiger partial charge in [0, 0.05) is 31.7 Å². The Bertz CT molecular complexity index is 925. The number of carbonyl (C=O) groups excluding carboxylic acids is 1. The van der Waals surface area contributed by atoms with Gasteiger partial charge in [0.05, 0.1) is 5.56 Å². The third-order valence-electron chi connectivity index (χ3n) is 8.08. The Labute approximate surface area is 185 Å². The van der Waals surface area contributed by atoms with Crippen LogP contribution in [0.25, 0.3) is 11.1 Å². The van der Waals surface area contributed by atoms with Crippen molar-refractivity contribution in [3.63, 3.8) is 0 Å². The second-order valence-electron chi connectivity index (χ2n) is 10.4. The fourth-order valence-electron chi connectivity index (χ4n) is 6.08. The molecule has 1 amide bonds. The normalized spacial score (nSPS) is 31.2. The van der Waals surface area contributed by atoms with Crippen LogP contribution >= 0.6 is 0 Å². The number of amides is 1. The molecule has 6 nitrogen and oxygen atoms in total. The van der Waals surface area contributed by atoms with Crippen LogP contribution in [0, 0.1) is 23.7 Å². The largest absolute Gasteiger partial charge is 0.423 e. The summed E-state index contributed by atoms with van der Waals surface area (Å²) >= 11 is 0. The topological polar surface area (TPSA) is 70.4 Å². The minimum absolute atomic E-state index is 0.0107. The number of benzene rings is 1. The Balaban J connectivity index is 1.34. The zero-order chi connectivity index (χ0) is 21.5. The van der Waals surface area contributed by atoms with Crippen LogP contribution < -0.4 is 15.5 Å². The SMILES string of the molecule is CC1C2CCCC1CC(NC(=O)c1cccc3oc(N4CCN[C@@H](C(C)C)C4)nc13)C2. The molecule has 31 heavy (non-hydrogen) atoms. The standard InChI is InChI=1S/C25H36N4O2/c1-15(2)21-14-29(11-10-26-21)25-28-23-20(8-5-9-22(23)31-25)24(30)27-19-12-17-6-4-7-18(13-19)16(17)3/h5,8-9,15-19,21,26H,4,6-7,10-14H2,1-3H3,(H,27,30)/t16?,17?,18?,19?,21-/m1/s1. The third-order valence-corrected chi connectivity index (χ3v) is 8.08. The molecule has 3 fully saturated rings. The molecule has 2 saturated carbocycles. The third kappa shape index (κ3) is 4.07. The summed E-state index contributed by atoms with van der Waals surface area (Å²) in [7, 11) is 0. The van der Waals surface area contributed by atoms with Crippen molar-refractivity contribution >= 4 is 23.0 Å². The lowest BCUT2D eigenvalue weighted by atomic mass is 9.64. The van der Waals surface area contributed by atoms with Crippen LogP contribution in [-0.2, 0) is 0 Å². The molecule has 1 aliphatic heterocycles. The lowest BCUT2D eigenvalue weighted by molar-refractivity contribution is 0.0706. The molecule has 1 aromatic heterocycles. The van der Waals surface area contributed by atoms with Crippen molar-refractivity contribution in [2.45, 2.75) is 65.0 Å². The van der Waals surface area contributed by atoms with Gasteiger partial charge in [-0.25, -0.2) is 0 Å². The van der Waals surface area contributed by atoms with Gasteiger partial charge in [0.15, 0.2) is 5.58 Å². The van der Waals surface area contributed by atoms with Gasteiger partial charge in [-0.2, -0.15) is 4.98 Å². The molecule has 3 atom stereocenters. The van der Waals surface area contributed by atoms with Gasteiger partial charge >= 0.3 is 0 Å². The van der Waals surface area contributed by atoms with E-state index >= 15 is 0 Å². The number of piperazine rings is 1. The van der Waals surface area contributed by atoms with Crippen molar-refractivity contribution in [2.75, 3.05) is 24.5 Å². The van der Waals surface area contributed by atoms with Crippen molar-refractivity contribution in [1.82, 2.24) is 15.6 Å². The number of oxazole rings is 1. The van der Waals surface area contributed by atoms with E-state index in [-0.39, 0.29) is 11.9 Å². The number of anilines is 1. The van der Waals surface area contributed by atoms with Gasteiger partial charge in [-0.05, 0) is 48.6 Å². The van der Waals surface area contributed by atoms with Gasteiger partial charge < -0.3 is 20.0 Å². The van der Waals surface area contributed by atoms with Crippen molar-refractivity contribution in [2.24, 2.45) is 23.7 Å². The Hall–Kier alpha value is -2.08. The van der Waals surface area contributed by atoms with E-state index in [0.717, 1.165) is 50.2 Å². The molecule has 2 bridgehead atoms. The van der Waals surface area contributed by atoms with Crippen LogP contribution in [0.15, 0.2) is 22.6 Å². The summed E-state index contributed by atoms with van der Waals surface area (Å²) in [5, 5.41) is 6.91. The molecule has 2 heterocycles. The van der Waals surface area contributed by atoms with Gasteiger partial charge in [0.1, 0.15) is 5.52 Å². The molecule has 168 valence electrons. The maximum atomic E-state index is 13.2. The molecular formula is C25H36N4O2. The molecule has 2 aliphatic carbocycles. The van der Waals surface area contributed by atoms with Crippen molar-refractivity contribution < 1.29 is 9.21 Å². The Kier molecular flexibility index (Phi) is 5.67. The summed E-state index contributed by atoms with van der Waals surface area (Å²) in [6, 6.07) is 7.02. The molecule has 2 aromatic rings. The zero-order valence-corrected chi connectivity index (χ0v) is 19.1. The summed E-state index contributed by atoms with van der Waals surface area (Å²) in [6.45, 7) is 9.52. The molecular weight excluding hydrogens is 388 g/mol. The van der Waals surface area contributed by atoms with E-state index in [4.69, 9.17) is 9.40 Å². The van der Waals surface area contributed by atoms with Gasteiger partial charge in [-0.1, -0.05) is 46.1 Å². The number of hydrogen-bond donors (Lipinski definition) is 2. The summed E-state index contributed by atoms with van der Waals surface area (Å²) in [5.74, 6) is 2.86. The monoisotopic (exact) mass is 424 g/mol. The average Bonchev–Trinajstić information content (AvgIpc) is 3.19. The van der Waals surface area contributed by atoms with Crippen LogP contribution in [0.1, 0.15) is 63.2 Å². The first-order valence-electron chi connectivity index (χ1n) is 12.2. The maximum absolute atomic E-state index is 13.2. The zero-order valence-electron chi connectivity index (χ0n) is 19.1. The van der Waals surface area contributed by atoms with E-state index in [1.54, 1.807) is 0 Å². The van der Waals surface area contributed by atoms with Crippen LogP contribution in [0.2, 0.25) is 0 Å². The molecule has 1 saturated heterocycles. The Morgan fingerprint density at radius 1 is 1.26 bits per heavy atom. The minimum Gasteiger partial charge on any atom is -0.423 e. The van der Waals surface area contributed by atoms with Crippen molar-refractivity contribution in [1.29, 1.82) is 0 Å². The highest BCUT2D eigenvalue weighted by atomic mass is 16.4. The molecule has 2 unspecified atom stereocenters. The van der Waals surface area contributed by atoms with Gasteiger partial charge in [-0.3, -0.25) is 4.79 Å². The predicted octanol–water partition coefficient (Wildman–Crippen LogP) is 4.21. The number of para-hydroxylation sites is 1. The maximum Gasteiger partial charge on any atom is 0.298 e. The number of fused-ring (bicyclic) bond motifs is 3. The molecule has 5 rings (SSSR count). The second kappa shape index (κ2) is 8.45. The van der Waals surface area contributed by atoms with Crippen LogP contribution in [0.4, 0.5) is 6.01 Å². The highest BCUT2D eigenvalue weighted by molar-refractivity contribution is 6.04. The first-order chi connectivity index (χ1) is 15.0. The van der Waals surface area contributed by atoms with E-state index in [2.05, 4.69) is 36.3 Å². The summed E-state index contributed by atoms with van der Waals surface area (Å²) in [5.41, 5.74) is 2.00. The first kappa shape index (κ1) is 20.8. The fraction of sp³-hybridized carbons (Fsp3) is 0.680. The summed E-state index contributed by atoms with van der Waals surface area (Å²) in [6.07, 6.45) is 6.20. The minimum atomic E-state index is -0.0107. The molecule has 3 aliphatic rings. The Morgan fingerprint density at radius 2 is 2.03 bits per heavy atom. The number of aromatic nitrogens is 1. The van der Waals surface area contributed by atoms with E-state index in [0.29, 0.717) is 34.6 Å². The van der Waals surface area contributed by atoms with Crippen molar-refractivity contribution in [3.8, 4) is 0 Å². The average molecular weight is 425 g/mol. The molecule has 1 aromatic carbocycles.